The van der Waals surface area contributed by atoms with Crippen LogP contribution >= 0.6 is 11.3 Å². The van der Waals surface area contributed by atoms with Crippen molar-refractivity contribution in [2.75, 3.05) is 11.9 Å². The van der Waals surface area contributed by atoms with Gasteiger partial charge < -0.3 is 15.5 Å². The van der Waals surface area contributed by atoms with Gasteiger partial charge in [0.25, 0.3) is 0 Å². The van der Waals surface area contributed by atoms with Crippen molar-refractivity contribution in [3.8, 4) is 12.3 Å². The summed E-state index contributed by atoms with van der Waals surface area (Å²) in [5.74, 6) is 1.21. The summed E-state index contributed by atoms with van der Waals surface area (Å²) in [5, 5.41) is 21.8. The number of thiazole rings is 1. The fourth-order valence-corrected chi connectivity index (χ4v) is 1.47. The molecule has 74 valence electrons. The van der Waals surface area contributed by atoms with Gasteiger partial charge in [-0.2, -0.15) is 0 Å². The minimum absolute atomic E-state index is 0.0359. The molecular formula is C8H8N2O3S. The normalized spacial score (nSPS) is 11.7. The van der Waals surface area contributed by atoms with E-state index < -0.39 is 12.0 Å². The number of aliphatic hydroxyl groups is 1. The number of carbonyl (C=O) groups is 1. The zero-order valence-electron chi connectivity index (χ0n) is 7.10. The third kappa shape index (κ3) is 2.45. The average Bonchev–Trinajstić information content (AvgIpc) is 2.62. The van der Waals surface area contributed by atoms with E-state index in [0.29, 0.717) is 5.13 Å². The van der Waals surface area contributed by atoms with Gasteiger partial charge in [0, 0.05) is 5.38 Å². The van der Waals surface area contributed by atoms with Crippen LogP contribution in [0.5, 0.6) is 0 Å². The largest absolute Gasteiger partial charge is 0.476 e. The Balaban J connectivity index is 2.69. The van der Waals surface area contributed by atoms with Gasteiger partial charge in [-0.25, -0.2) is 9.78 Å². The van der Waals surface area contributed by atoms with E-state index in [4.69, 9.17) is 16.6 Å². The van der Waals surface area contributed by atoms with Crippen LogP contribution in [0.25, 0.3) is 0 Å². The number of aromatic nitrogens is 1. The molecule has 0 fully saturated rings. The lowest BCUT2D eigenvalue weighted by atomic mass is 10.3. The van der Waals surface area contributed by atoms with E-state index in [1.54, 1.807) is 0 Å². The van der Waals surface area contributed by atoms with Crippen molar-refractivity contribution >= 4 is 22.4 Å². The number of carboxylic acids is 1. The number of nitrogens with zero attached hydrogens (tertiary/aromatic N) is 1. The fraction of sp³-hybridized carbons (Fsp3) is 0.250. The van der Waals surface area contributed by atoms with E-state index in [2.05, 4.69) is 16.2 Å². The minimum Gasteiger partial charge on any atom is -0.476 e. The Kier molecular flexibility index (Phi) is 3.45. The van der Waals surface area contributed by atoms with Crippen molar-refractivity contribution in [3.05, 3.63) is 11.1 Å². The van der Waals surface area contributed by atoms with Crippen LogP contribution in [-0.4, -0.2) is 33.8 Å². The van der Waals surface area contributed by atoms with E-state index in [-0.39, 0.29) is 12.3 Å². The predicted molar refractivity (Wildman–Crippen MR) is 52.4 cm³/mol. The Morgan fingerprint density at radius 1 is 1.86 bits per heavy atom. The SMILES string of the molecule is C#CC(CO)Nc1nc(C(=O)O)cs1. The first kappa shape index (κ1) is 10.5. The van der Waals surface area contributed by atoms with Crippen LogP contribution in [0.15, 0.2) is 5.38 Å². The second-order valence-corrected chi connectivity index (χ2v) is 3.25. The molecule has 0 aliphatic heterocycles. The van der Waals surface area contributed by atoms with Crippen LogP contribution in [0.2, 0.25) is 0 Å². The van der Waals surface area contributed by atoms with Crippen molar-refractivity contribution in [1.82, 2.24) is 4.98 Å². The molecule has 1 rings (SSSR count). The maximum atomic E-state index is 10.5. The van der Waals surface area contributed by atoms with Gasteiger partial charge in [0.2, 0.25) is 0 Å². The van der Waals surface area contributed by atoms with Crippen molar-refractivity contribution in [3.63, 3.8) is 0 Å². The summed E-state index contributed by atoms with van der Waals surface area (Å²) >= 11 is 1.13. The summed E-state index contributed by atoms with van der Waals surface area (Å²) in [7, 11) is 0. The fourth-order valence-electron chi connectivity index (χ4n) is 0.727. The van der Waals surface area contributed by atoms with E-state index >= 15 is 0 Å². The molecule has 0 spiro atoms. The number of aromatic carboxylic acids is 1. The molecule has 0 saturated carbocycles. The summed E-state index contributed by atoms with van der Waals surface area (Å²) in [4.78, 5) is 14.2. The Labute approximate surface area is 84.4 Å². The topological polar surface area (TPSA) is 82.5 Å². The number of terminal acetylenes is 1. The van der Waals surface area contributed by atoms with E-state index in [1.807, 2.05) is 0 Å². The van der Waals surface area contributed by atoms with Crippen LogP contribution in [0.1, 0.15) is 10.5 Å². The molecule has 0 aromatic carbocycles. The Morgan fingerprint density at radius 3 is 3.00 bits per heavy atom. The summed E-state index contributed by atoms with van der Waals surface area (Å²) in [5.41, 5.74) is -0.0359. The van der Waals surface area contributed by atoms with Crippen LogP contribution in [0.4, 0.5) is 5.13 Å². The molecule has 0 radical (unpaired) electrons. The number of rotatable bonds is 4. The van der Waals surface area contributed by atoms with Gasteiger partial charge in [0.1, 0.15) is 6.04 Å². The van der Waals surface area contributed by atoms with Gasteiger partial charge in [-0.15, -0.1) is 17.8 Å². The molecule has 0 aliphatic rings. The molecule has 3 N–H and O–H groups in total. The maximum absolute atomic E-state index is 10.5. The molecular weight excluding hydrogens is 204 g/mol. The Bertz CT molecular complexity index is 369. The number of nitrogens with one attached hydrogen (secondary N) is 1. The van der Waals surface area contributed by atoms with Gasteiger partial charge in [-0.3, -0.25) is 0 Å². The van der Waals surface area contributed by atoms with Crippen molar-refractivity contribution in [2.24, 2.45) is 0 Å². The van der Waals surface area contributed by atoms with Gasteiger partial charge >= 0.3 is 5.97 Å². The highest BCUT2D eigenvalue weighted by Crippen LogP contribution is 2.15. The van der Waals surface area contributed by atoms with Crippen molar-refractivity contribution < 1.29 is 15.0 Å². The number of aliphatic hydroxyl groups excluding tert-OH is 1. The van der Waals surface area contributed by atoms with Crippen LogP contribution in [0, 0.1) is 12.3 Å². The molecule has 14 heavy (non-hydrogen) atoms. The first-order valence-corrected chi connectivity index (χ1v) is 4.57. The highest BCUT2D eigenvalue weighted by atomic mass is 32.1. The first-order valence-electron chi connectivity index (χ1n) is 3.69. The number of hydrogen-bond donors (Lipinski definition) is 3. The highest BCUT2D eigenvalue weighted by molar-refractivity contribution is 7.13. The molecule has 1 aromatic rings. The second-order valence-electron chi connectivity index (χ2n) is 2.39. The maximum Gasteiger partial charge on any atom is 0.355 e. The highest BCUT2D eigenvalue weighted by Gasteiger charge is 2.10. The lowest BCUT2D eigenvalue weighted by Crippen LogP contribution is -2.21. The molecule has 6 heteroatoms. The summed E-state index contributed by atoms with van der Waals surface area (Å²) < 4.78 is 0. The van der Waals surface area contributed by atoms with E-state index in [0.717, 1.165) is 11.3 Å². The molecule has 1 atom stereocenters. The first-order chi connectivity index (χ1) is 6.67. The van der Waals surface area contributed by atoms with Crippen LogP contribution < -0.4 is 5.32 Å². The zero-order valence-corrected chi connectivity index (χ0v) is 7.91. The van der Waals surface area contributed by atoms with Crippen molar-refractivity contribution in [1.29, 1.82) is 0 Å². The molecule has 1 heterocycles. The molecule has 1 unspecified atom stereocenters. The number of anilines is 1. The van der Waals surface area contributed by atoms with Gasteiger partial charge in [-0.1, -0.05) is 5.92 Å². The average molecular weight is 212 g/mol. The molecule has 0 bridgehead atoms. The van der Waals surface area contributed by atoms with Gasteiger partial charge in [-0.05, 0) is 0 Å². The van der Waals surface area contributed by atoms with Crippen LogP contribution in [-0.2, 0) is 0 Å². The van der Waals surface area contributed by atoms with Gasteiger partial charge in [0.05, 0.1) is 6.61 Å². The standard InChI is InChI=1S/C8H8N2O3S/c1-2-5(3-11)9-8-10-6(4-14-8)7(12)13/h1,4-5,11H,3H2,(H,9,10)(H,12,13). The Hall–Kier alpha value is -1.58. The Morgan fingerprint density at radius 2 is 2.57 bits per heavy atom. The number of carboxylic acid groups (broad SMARTS) is 1. The molecule has 0 aliphatic carbocycles. The smallest absolute Gasteiger partial charge is 0.355 e. The predicted octanol–water partition coefficient (Wildman–Crippen LogP) is 0.247. The van der Waals surface area contributed by atoms with E-state index in [1.165, 1.54) is 5.38 Å². The third-order valence-corrected chi connectivity index (χ3v) is 2.18. The minimum atomic E-state index is -1.09. The molecule has 0 amide bonds. The van der Waals surface area contributed by atoms with E-state index in [9.17, 15) is 4.79 Å². The second kappa shape index (κ2) is 4.60. The monoisotopic (exact) mass is 212 g/mol. The lowest BCUT2D eigenvalue weighted by Gasteiger charge is -2.06. The van der Waals surface area contributed by atoms with Crippen LogP contribution in [0.3, 0.4) is 0 Å². The third-order valence-electron chi connectivity index (χ3n) is 1.40. The van der Waals surface area contributed by atoms with Crippen molar-refractivity contribution in [2.45, 2.75) is 6.04 Å². The zero-order chi connectivity index (χ0) is 10.6. The quantitative estimate of drug-likeness (QED) is 0.623. The summed E-state index contributed by atoms with van der Waals surface area (Å²) in [6.07, 6.45) is 5.09. The molecule has 5 nitrogen and oxygen atoms in total. The lowest BCUT2D eigenvalue weighted by molar-refractivity contribution is 0.0691. The summed E-state index contributed by atoms with van der Waals surface area (Å²) in [6, 6.07) is -0.539. The molecule has 0 saturated heterocycles. The number of hydrogen-bond acceptors (Lipinski definition) is 5. The summed E-state index contributed by atoms with van der Waals surface area (Å²) in [6.45, 7) is -0.224. The molecule has 1 aromatic heterocycles. The van der Waals surface area contributed by atoms with Gasteiger partial charge in [0.15, 0.2) is 10.8 Å².